The number of benzene rings is 2. The van der Waals surface area contributed by atoms with Gasteiger partial charge in [-0.3, -0.25) is 4.98 Å². The van der Waals surface area contributed by atoms with E-state index in [9.17, 15) is 17.6 Å². The third-order valence-corrected chi connectivity index (χ3v) is 5.34. The van der Waals surface area contributed by atoms with E-state index in [2.05, 4.69) is 4.98 Å². The first-order valence-electron chi connectivity index (χ1n) is 8.85. The van der Waals surface area contributed by atoms with Crippen molar-refractivity contribution in [2.75, 3.05) is 0 Å². The van der Waals surface area contributed by atoms with Gasteiger partial charge in [0.15, 0.2) is 0 Å². The topological polar surface area (TPSA) is 73.3 Å². The highest BCUT2D eigenvalue weighted by atomic mass is 32.2. The molecular formula is C22H16FNO4S. The van der Waals surface area contributed by atoms with Crippen LogP contribution < -0.4 is 4.74 Å². The van der Waals surface area contributed by atoms with Crippen molar-refractivity contribution in [3.05, 3.63) is 95.1 Å². The number of aromatic nitrogens is 1. The maximum atomic E-state index is 13.8. The summed E-state index contributed by atoms with van der Waals surface area (Å²) in [5.41, 5.74) is 3.19. The van der Waals surface area contributed by atoms with E-state index < -0.39 is 22.4 Å². The van der Waals surface area contributed by atoms with E-state index in [0.29, 0.717) is 33.6 Å². The number of rotatable bonds is 5. The summed E-state index contributed by atoms with van der Waals surface area (Å²) in [5.74, 6) is -0.500. The number of carbonyl (C=O) groups is 1. The molecule has 1 aromatic heterocycles. The van der Waals surface area contributed by atoms with Crippen molar-refractivity contribution in [2.24, 2.45) is 0 Å². The summed E-state index contributed by atoms with van der Waals surface area (Å²) < 4.78 is 41.8. The van der Waals surface area contributed by atoms with E-state index in [-0.39, 0.29) is 11.5 Å². The van der Waals surface area contributed by atoms with E-state index >= 15 is 0 Å². The Balaban J connectivity index is 1.90. The lowest BCUT2D eigenvalue weighted by Gasteiger charge is -2.28. The van der Waals surface area contributed by atoms with Gasteiger partial charge in [0, 0.05) is 40.7 Å². The second-order valence-corrected chi connectivity index (χ2v) is 7.55. The van der Waals surface area contributed by atoms with Gasteiger partial charge in [0.2, 0.25) is 0 Å². The number of pyridine rings is 1. The van der Waals surface area contributed by atoms with E-state index in [1.807, 2.05) is 6.07 Å². The van der Waals surface area contributed by atoms with Crippen LogP contribution in [-0.4, -0.2) is 19.7 Å². The quantitative estimate of drug-likeness (QED) is 0.515. The Bertz CT molecular complexity index is 1160. The summed E-state index contributed by atoms with van der Waals surface area (Å²) in [6.07, 6.45) is 4.07. The van der Waals surface area contributed by atoms with Gasteiger partial charge in [-0.15, -0.1) is 0 Å². The van der Waals surface area contributed by atoms with Gasteiger partial charge in [-0.2, -0.15) is 0 Å². The van der Waals surface area contributed by atoms with E-state index in [1.54, 1.807) is 48.8 Å². The summed E-state index contributed by atoms with van der Waals surface area (Å²) in [6.45, 7) is 0. The Kier molecular flexibility index (Phi) is 5.22. The van der Waals surface area contributed by atoms with Crippen molar-refractivity contribution in [3.63, 3.8) is 0 Å². The van der Waals surface area contributed by atoms with Crippen molar-refractivity contribution in [1.82, 2.24) is 4.98 Å². The van der Waals surface area contributed by atoms with Crippen LogP contribution in [0.3, 0.4) is 0 Å². The molecule has 1 aliphatic rings. The maximum Gasteiger partial charge on any atom is 0.144 e. The zero-order valence-electron chi connectivity index (χ0n) is 15.1. The van der Waals surface area contributed by atoms with Crippen LogP contribution >= 0.6 is 0 Å². The Labute approximate surface area is 168 Å². The molecule has 3 aromatic rings. The Morgan fingerprint density at radius 2 is 1.86 bits per heavy atom. The average molecular weight is 409 g/mol. The largest absolute Gasteiger partial charge is 0.456 e. The molecule has 0 spiro atoms. The van der Waals surface area contributed by atoms with Gasteiger partial charge in [0.1, 0.15) is 34.3 Å². The fourth-order valence-electron chi connectivity index (χ4n) is 3.41. The number of hydrogen-bond donors (Lipinski definition) is 1. The summed E-state index contributed by atoms with van der Waals surface area (Å²) in [4.78, 5) is 16.2. The lowest BCUT2D eigenvalue weighted by Crippen LogP contribution is -2.16. The Hall–Kier alpha value is -3.32. The summed E-state index contributed by atoms with van der Waals surface area (Å²) >= 11 is 0. The number of allylic oxidation sites excluding steroid dienone is 1. The smallest absolute Gasteiger partial charge is 0.144 e. The van der Waals surface area contributed by atoms with Gasteiger partial charge in [0.25, 0.3) is 0 Å². The Morgan fingerprint density at radius 3 is 2.52 bits per heavy atom. The van der Waals surface area contributed by atoms with Crippen LogP contribution in [0.4, 0.5) is 4.39 Å². The van der Waals surface area contributed by atoms with Gasteiger partial charge in [-0.1, -0.05) is 36.4 Å². The number of thiol groups is 1. The zero-order chi connectivity index (χ0) is 20.4. The van der Waals surface area contributed by atoms with Gasteiger partial charge < -0.3 is 9.53 Å². The predicted octanol–water partition coefficient (Wildman–Crippen LogP) is 3.58. The molecule has 5 nitrogen and oxygen atoms in total. The van der Waals surface area contributed by atoms with Crippen LogP contribution in [-0.2, 0) is 21.3 Å². The second-order valence-electron chi connectivity index (χ2n) is 6.57. The minimum absolute atomic E-state index is 0.0595. The molecule has 0 saturated heterocycles. The third kappa shape index (κ3) is 3.82. The van der Waals surface area contributed by atoms with Crippen LogP contribution in [0.15, 0.2) is 67.0 Å². The molecule has 1 unspecified atom stereocenters. The molecule has 2 aromatic carbocycles. The molecule has 29 heavy (non-hydrogen) atoms. The fraction of sp³-hybridized carbons (Fsp3) is 0.0909. The van der Waals surface area contributed by atoms with E-state index in [1.165, 1.54) is 12.1 Å². The van der Waals surface area contributed by atoms with Gasteiger partial charge in [-0.05, 0) is 17.7 Å². The monoisotopic (exact) mass is 409 g/mol. The molecule has 4 rings (SSSR count). The predicted molar refractivity (Wildman–Crippen MR) is 107 cm³/mol. The lowest BCUT2D eigenvalue weighted by molar-refractivity contribution is -0.108. The molecule has 146 valence electrons. The third-order valence-electron chi connectivity index (χ3n) is 4.71. The number of fused-ring (bicyclic) bond motifs is 1. The second kappa shape index (κ2) is 7.97. The maximum absolute atomic E-state index is 13.8. The minimum atomic E-state index is -2.53. The standard InChI is InChI=1S/C22H16FNO4S/c23-17-7-8-18-19(12-25)21(16-2-1-9-24-11-16)22(28-20(18)10-17)15-5-3-14(4-6-15)13-29(26)27/h1-12,19,29H,13H2. The highest BCUT2D eigenvalue weighted by Crippen LogP contribution is 2.45. The van der Waals surface area contributed by atoms with Crippen molar-refractivity contribution >= 4 is 28.3 Å². The number of hydrogen-bond acceptors (Lipinski definition) is 5. The van der Waals surface area contributed by atoms with Crippen LogP contribution in [0.1, 0.15) is 28.2 Å². The molecule has 0 amide bonds. The normalized spacial score (nSPS) is 15.7. The summed E-state index contributed by atoms with van der Waals surface area (Å²) in [7, 11) is -2.53. The molecule has 2 heterocycles. The highest BCUT2D eigenvalue weighted by Gasteiger charge is 2.31. The number of nitrogens with zero attached hydrogens (tertiary/aromatic N) is 1. The van der Waals surface area contributed by atoms with Crippen molar-refractivity contribution in [1.29, 1.82) is 0 Å². The lowest BCUT2D eigenvalue weighted by atomic mass is 9.84. The molecule has 1 aliphatic heterocycles. The molecule has 1 atom stereocenters. The molecule has 7 heteroatoms. The molecule has 0 radical (unpaired) electrons. The number of halogens is 1. The van der Waals surface area contributed by atoms with Crippen molar-refractivity contribution < 1.29 is 22.3 Å². The molecule has 0 saturated carbocycles. The molecular weight excluding hydrogens is 393 g/mol. The van der Waals surface area contributed by atoms with Crippen LogP contribution in [0.2, 0.25) is 0 Å². The SMILES string of the molecule is O=CC1C(c2cccnc2)=C(c2ccc(C[SH](=O)=O)cc2)Oc2cc(F)ccc21. The van der Waals surface area contributed by atoms with Crippen LogP contribution in [0, 0.1) is 5.82 Å². The fourth-order valence-corrected chi connectivity index (χ4v) is 3.92. The van der Waals surface area contributed by atoms with Gasteiger partial charge in [-0.25, -0.2) is 12.8 Å². The van der Waals surface area contributed by atoms with E-state index in [4.69, 9.17) is 4.74 Å². The van der Waals surface area contributed by atoms with E-state index in [0.717, 1.165) is 6.29 Å². The van der Waals surface area contributed by atoms with Gasteiger partial charge >= 0.3 is 0 Å². The van der Waals surface area contributed by atoms with Gasteiger partial charge in [0.05, 0.1) is 11.7 Å². The minimum Gasteiger partial charge on any atom is -0.456 e. The number of aldehydes is 1. The summed E-state index contributed by atoms with van der Waals surface area (Å²) in [6, 6.07) is 14.5. The first-order valence-corrected chi connectivity index (χ1v) is 10.2. The van der Waals surface area contributed by atoms with Crippen LogP contribution in [0.25, 0.3) is 11.3 Å². The first-order chi connectivity index (χ1) is 14.1. The molecule has 0 bridgehead atoms. The first kappa shape index (κ1) is 19.0. The molecule has 0 aliphatic carbocycles. The Morgan fingerprint density at radius 1 is 1.07 bits per heavy atom. The van der Waals surface area contributed by atoms with Crippen LogP contribution in [0.5, 0.6) is 5.75 Å². The summed E-state index contributed by atoms with van der Waals surface area (Å²) in [5, 5.41) is 0. The number of carbonyl (C=O) groups excluding carboxylic acids is 1. The average Bonchev–Trinajstić information content (AvgIpc) is 2.73. The zero-order valence-corrected chi connectivity index (χ0v) is 16.0. The highest BCUT2D eigenvalue weighted by molar-refractivity contribution is 7.71. The molecule has 0 N–H and O–H groups in total. The van der Waals surface area contributed by atoms with Crippen molar-refractivity contribution in [2.45, 2.75) is 11.7 Å². The number of ether oxygens (including phenoxy) is 1. The van der Waals surface area contributed by atoms with Crippen molar-refractivity contribution in [3.8, 4) is 5.75 Å². The molecule has 0 fully saturated rings.